The van der Waals surface area contributed by atoms with Gasteiger partial charge in [-0.05, 0) is 0 Å². The molecule has 17 heavy (non-hydrogen) atoms. The molecule has 0 atom stereocenters. The first kappa shape index (κ1) is 13.8. The van der Waals surface area contributed by atoms with E-state index in [-0.39, 0.29) is 16.4 Å². The summed E-state index contributed by atoms with van der Waals surface area (Å²) in [5.41, 5.74) is 4.40. The number of benzene rings is 1. The maximum atomic E-state index is 12.6. The van der Waals surface area contributed by atoms with E-state index < -0.39 is 0 Å². The molecule has 1 aromatic carbocycles. The summed E-state index contributed by atoms with van der Waals surface area (Å²) in [6.07, 6.45) is 1.33. The van der Waals surface area contributed by atoms with E-state index in [1.165, 1.54) is 30.3 Å². The molecule has 0 aliphatic rings. The van der Waals surface area contributed by atoms with E-state index >= 15 is 0 Å². The van der Waals surface area contributed by atoms with Gasteiger partial charge in [0, 0.05) is 0 Å². The van der Waals surface area contributed by atoms with Crippen LogP contribution in [-0.2, 0) is 9.54 Å². The molecule has 0 aliphatic heterocycles. The number of halogens is 2. The van der Waals surface area contributed by atoms with E-state index in [4.69, 9.17) is 16.4 Å². The van der Waals surface area contributed by atoms with Gasteiger partial charge in [-0.2, -0.15) is 0 Å². The number of nitrogens with one attached hydrogen (secondary N) is 1. The molecule has 7 heteroatoms. The van der Waals surface area contributed by atoms with Crippen LogP contribution in [-0.4, -0.2) is 7.15 Å². The summed E-state index contributed by atoms with van der Waals surface area (Å²) in [6, 6.07) is 5.55. The molecule has 0 spiro atoms. The predicted octanol–water partition coefficient (Wildman–Crippen LogP) is 3.07. The molecule has 0 amide bonds. The van der Waals surface area contributed by atoms with Gasteiger partial charge in [0.1, 0.15) is 0 Å². The Morgan fingerprint density at radius 1 is 1.47 bits per heavy atom. The van der Waals surface area contributed by atoms with Crippen molar-refractivity contribution in [1.29, 1.82) is 0 Å². The molecule has 1 N–H and O–H groups in total. The monoisotopic (exact) mass is 271 g/mol. The zero-order valence-electron chi connectivity index (χ0n) is 8.56. The second-order valence-corrected chi connectivity index (χ2v) is 3.58. The summed E-state index contributed by atoms with van der Waals surface area (Å²) in [7, 11) is 0.560. The quantitative estimate of drug-likeness (QED) is 0.284. The molecule has 0 radical (unpaired) electrons. The van der Waals surface area contributed by atoms with Crippen molar-refractivity contribution in [3.63, 3.8) is 0 Å². The first-order valence-electron chi connectivity index (χ1n) is 4.50. The van der Waals surface area contributed by atoms with Crippen molar-refractivity contribution in [1.82, 2.24) is 0 Å². The number of allylic oxidation sites excluding steroid dienone is 2. The maximum absolute atomic E-state index is 12.6. The van der Waals surface area contributed by atoms with Crippen LogP contribution in [0.2, 0.25) is 0 Å². The van der Waals surface area contributed by atoms with E-state index in [9.17, 15) is 9.10 Å². The molecule has 1 aromatic rings. The van der Waals surface area contributed by atoms with Crippen molar-refractivity contribution in [2.75, 3.05) is 5.48 Å². The summed E-state index contributed by atoms with van der Waals surface area (Å²) >= 11 is 9.33. The Morgan fingerprint density at radius 3 is 2.65 bits per heavy atom. The number of thiol groups is 1. The van der Waals surface area contributed by atoms with Crippen LogP contribution >= 0.6 is 24.2 Å². The van der Waals surface area contributed by atoms with Gasteiger partial charge in [-0.1, -0.05) is 0 Å². The molecule has 88 valence electrons. The van der Waals surface area contributed by atoms with Crippen LogP contribution in [0, 0.1) is 5.82 Å². The van der Waals surface area contributed by atoms with E-state index in [1.54, 1.807) is 0 Å². The van der Waals surface area contributed by atoms with Crippen molar-refractivity contribution in [2.24, 2.45) is 0 Å². The zero-order valence-corrected chi connectivity index (χ0v) is 10.2. The topological polar surface area (TPSA) is 38.3 Å². The van der Waals surface area contributed by atoms with Crippen molar-refractivity contribution in [2.45, 2.75) is 0 Å². The van der Waals surface area contributed by atoms with Crippen molar-refractivity contribution in [3.05, 3.63) is 52.3 Å². The molecule has 0 bridgehead atoms. The molecule has 0 saturated heterocycles. The van der Waals surface area contributed by atoms with Crippen LogP contribution in [0.3, 0.4) is 0 Å². The van der Waals surface area contributed by atoms with Gasteiger partial charge in [-0.25, -0.2) is 0 Å². The van der Waals surface area contributed by atoms with Crippen LogP contribution in [0.15, 0.2) is 46.4 Å². The Morgan fingerprint density at radius 2 is 2.12 bits per heavy atom. The molecule has 0 aliphatic carbocycles. The van der Waals surface area contributed by atoms with Crippen LogP contribution in [0.1, 0.15) is 0 Å². The Balaban J connectivity index is 2.56. The van der Waals surface area contributed by atoms with Gasteiger partial charge >= 0.3 is 109 Å². The summed E-state index contributed by atoms with van der Waals surface area (Å²) in [5.74, 6) is -0.342. The Bertz CT molecular complexity index is 450. The fraction of sp³-hybridized carbons (Fsp3) is 0. The van der Waals surface area contributed by atoms with Crippen LogP contribution < -0.4 is 5.48 Å². The molecular formula is C10H8BClFNO2S. The van der Waals surface area contributed by atoms with E-state index in [0.29, 0.717) is 12.8 Å². The van der Waals surface area contributed by atoms with Gasteiger partial charge in [0.05, 0.1) is 0 Å². The minimum absolute atomic E-state index is 0.147. The van der Waals surface area contributed by atoms with E-state index in [1.807, 2.05) is 0 Å². The first-order valence-corrected chi connectivity index (χ1v) is 5.38. The van der Waals surface area contributed by atoms with E-state index in [0.717, 1.165) is 5.54 Å². The molecule has 0 unspecified atom stereocenters. The van der Waals surface area contributed by atoms with Crippen molar-refractivity contribution >= 4 is 37.1 Å². The van der Waals surface area contributed by atoms with Gasteiger partial charge in [0.15, 0.2) is 0 Å². The number of rotatable bonds is 5. The van der Waals surface area contributed by atoms with Gasteiger partial charge in [-0.15, -0.1) is 0 Å². The predicted molar refractivity (Wildman–Crippen MR) is 68.6 cm³/mol. The number of anilines is 1. The molecular weight excluding hydrogens is 263 g/mol. The van der Waals surface area contributed by atoms with Gasteiger partial charge in [0.2, 0.25) is 0 Å². The molecule has 3 nitrogen and oxygen atoms in total. The van der Waals surface area contributed by atoms with E-state index in [2.05, 4.69) is 18.1 Å². The molecule has 0 aromatic heterocycles. The summed E-state index contributed by atoms with van der Waals surface area (Å²) in [4.78, 5) is 5.00. The average molecular weight is 272 g/mol. The minimum atomic E-state index is -0.342. The third kappa shape index (κ3) is 5.06. The Kier molecular flexibility index (Phi) is 5.79. The second kappa shape index (κ2) is 7.14. The van der Waals surface area contributed by atoms with Crippen LogP contribution in [0.25, 0.3) is 0 Å². The zero-order chi connectivity index (χ0) is 12.7. The molecule has 1 rings (SSSR count). The Hall–Kier alpha value is -1.27. The fourth-order valence-electron chi connectivity index (χ4n) is 0.892. The standard InChI is InChI=1S/C10H8BClFNO2S/c12-6-7(11-15)5-10(17)16-14-9-3-1-8(13)2-4-9/h1-6,14,17H/b7-6-,10-5-. The van der Waals surface area contributed by atoms with Gasteiger partial charge in [0.25, 0.3) is 0 Å². The van der Waals surface area contributed by atoms with Crippen LogP contribution in [0.4, 0.5) is 10.1 Å². The number of hydrogen-bond acceptors (Lipinski definition) is 4. The third-order valence-corrected chi connectivity index (χ3v) is 2.14. The Labute approximate surface area is 109 Å². The third-order valence-electron chi connectivity index (χ3n) is 1.67. The fourth-order valence-corrected chi connectivity index (χ4v) is 1.20. The molecule has 0 fully saturated rings. The van der Waals surface area contributed by atoms with Crippen molar-refractivity contribution in [3.8, 4) is 0 Å². The molecule has 0 saturated carbocycles. The summed E-state index contributed by atoms with van der Waals surface area (Å²) < 4.78 is 23.0. The van der Waals surface area contributed by atoms with Crippen molar-refractivity contribution < 1.29 is 13.9 Å². The van der Waals surface area contributed by atoms with Crippen LogP contribution in [0.5, 0.6) is 0 Å². The van der Waals surface area contributed by atoms with Gasteiger partial charge < -0.3 is 0 Å². The van der Waals surface area contributed by atoms with Gasteiger partial charge in [-0.3, -0.25) is 0 Å². The average Bonchev–Trinajstić information content (AvgIpc) is 2.35. The SMILES string of the molecule is O=BC(/C=C(\S)ONc1ccc(F)cc1)=C\Cl. The normalized spacial score (nSPS) is 11.9. The molecule has 0 heterocycles. The second-order valence-electron chi connectivity index (χ2n) is 2.92. The number of hydrogen-bond donors (Lipinski definition) is 2. The first-order chi connectivity index (χ1) is 8.15. The summed E-state index contributed by atoms with van der Waals surface area (Å²) in [6.45, 7) is 0. The summed E-state index contributed by atoms with van der Waals surface area (Å²) in [5, 5.41) is 0.147.